The first kappa shape index (κ1) is 23.9. The molecule has 1 atom stereocenters. The summed E-state index contributed by atoms with van der Waals surface area (Å²) >= 11 is 1.65. The van der Waals surface area contributed by atoms with Crippen LogP contribution in [0.25, 0.3) is 10.6 Å². The average Bonchev–Trinajstić information content (AvgIpc) is 3.49. The highest BCUT2D eigenvalue weighted by Crippen LogP contribution is 2.23. The van der Waals surface area contributed by atoms with Crippen molar-refractivity contribution < 1.29 is 9.53 Å². The minimum atomic E-state index is -0.234. The number of nitrogens with one attached hydrogen (secondary N) is 1. The summed E-state index contributed by atoms with van der Waals surface area (Å²) in [4.78, 5) is 26.3. The van der Waals surface area contributed by atoms with Crippen LogP contribution in [0.5, 0.6) is 0 Å². The van der Waals surface area contributed by atoms with Crippen LogP contribution < -0.4 is 5.32 Å². The quantitative estimate of drug-likeness (QED) is 0.349. The molecule has 2 saturated heterocycles. The van der Waals surface area contributed by atoms with Gasteiger partial charge in [0.2, 0.25) is 0 Å². The van der Waals surface area contributed by atoms with Crippen molar-refractivity contribution in [3.05, 3.63) is 41.4 Å². The lowest BCUT2D eigenvalue weighted by atomic mass is 10.2. The average molecular weight is 555 g/mol. The summed E-state index contributed by atoms with van der Waals surface area (Å²) in [5.74, 6) is 1.03. The van der Waals surface area contributed by atoms with Crippen molar-refractivity contribution in [3.63, 3.8) is 0 Å². The number of ether oxygens (including phenoxy) is 1. The lowest BCUT2D eigenvalue weighted by Crippen LogP contribution is -2.55. The van der Waals surface area contributed by atoms with Crippen molar-refractivity contribution in [2.75, 3.05) is 39.3 Å². The number of aromatic nitrogens is 1. The Bertz CT molecular complexity index is 862. The zero-order valence-corrected chi connectivity index (χ0v) is 21.0. The van der Waals surface area contributed by atoms with E-state index < -0.39 is 0 Å². The summed E-state index contributed by atoms with van der Waals surface area (Å²) in [7, 11) is 0. The van der Waals surface area contributed by atoms with Crippen LogP contribution in [-0.2, 0) is 16.1 Å². The van der Waals surface area contributed by atoms with Crippen molar-refractivity contribution in [2.24, 2.45) is 4.99 Å². The maximum atomic E-state index is 12.6. The van der Waals surface area contributed by atoms with E-state index in [0.717, 1.165) is 54.7 Å². The van der Waals surface area contributed by atoms with Gasteiger partial charge in [0, 0.05) is 50.3 Å². The Labute approximate surface area is 204 Å². The number of carbonyl (C=O) groups is 1. The Morgan fingerprint density at radius 2 is 1.97 bits per heavy atom. The summed E-state index contributed by atoms with van der Waals surface area (Å²) in [6.07, 6.45) is 1.60. The summed E-state index contributed by atoms with van der Waals surface area (Å²) in [5.41, 5.74) is 2.11. The fraction of sp³-hybridized carbons (Fsp3) is 0.500. The maximum absolute atomic E-state index is 12.6. The third-order valence-electron chi connectivity index (χ3n) is 5.39. The van der Waals surface area contributed by atoms with Crippen molar-refractivity contribution in [3.8, 4) is 10.6 Å². The SMILES string of the molecule is CCNC(=NCc1csc(-c2ccccc2)n1)N1CCN(C(=O)C2CCCO2)CC1.I. The Morgan fingerprint density at radius 1 is 1.23 bits per heavy atom. The Kier molecular flexibility index (Phi) is 9.09. The van der Waals surface area contributed by atoms with Gasteiger partial charge < -0.3 is 19.9 Å². The largest absolute Gasteiger partial charge is 0.368 e. The third kappa shape index (κ3) is 6.17. The van der Waals surface area contributed by atoms with Crippen molar-refractivity contribution in [2.45, 2.75) is 32.4 Å². The van der Waals surface area contributed by atoms with E-state index in [9.17, 15) is 4.79 Å². The van der Waals surface area contributed by atoms with Gasteiger partial charge in [-0.25, -0.2) is 9.98 Å². The summed E-state index contributed by atoms with van der Waals surface area (Å²) in [6, 6.07) is 10.2. The second-order valence-electron chi connectivity index (χ2n) is 7.49. The zero-order chi connectivity index (χ0) is 20.8. The molecule has 2 aliphatic rings. The van der Waals surface area contributed by atoms with Crippen LogP contribution in [0.1, 0.15) is 25.5 Å². The molecule has 4 rings (SSSR count). The molecule has 7 nitrogen and oxygen atoms in total. The number of benzene rings is 1. The molecule has 2 aromatic rings. The fourth-order valence-electron chi connectivity index (χ4n) is 3.79. The molecule has 0 aliphatic carbocycles. The molecule has 1 aromatic carbocycles. The van der Waals surface area contributed by atoms with E-state index in [1.165, 1.54) is 0 Å². The Morgan fingerprint density at radius 3 is 2.65 bits per heavy atom. The minimum Gasteiger partial charge on any atom is -0.368 e. The zero-order valence-electron chi connectivity index (χ0n) is 17.8. The lowest BCUT2D eigenvalue weighted by Gasteiger charge is -2.37. The normalized spacial score (nSPS) is 19.3. The van der Waals surface area contributed by atoms with Crippen LogP contribution >= 0.6 is 35.3 Å². The highest BCUT2D eigenvalue weighted by molar-refractivity contribution is 14.0. The van der Waals surface area contributed by atoms with Gasteiger partial charge in [0.15, 0.2) is 5.96 Å². The van der Waals surface area contributed by atoms with Gasteiger partial charge in [-0.2, -0.15) is 0 Å². The van der Waals surface area contributed by atoms with E-state index in [0.29, 0.717) is 26.2 Å². The van der Waals surface area contributed by atoms with E-state index in [1.54, 1.807) is 11.3 Å². The number of nitrogens with zero attached hydrogens (tertiary/aromatic N) is 4. The van der Waals surface area contributed by atoms with Crippen LogP contribution in [0.15, 0.2) is 40.7 Å². The third-order valence-corrected chi connectivity index (χ3v) is 6.33. The van der Waals surface area contributed by atoms with E-state index in [2.05, 4.69) is 34.7 Å². The van der Waals surface area contributed by atoms with E-state index in [1.807, 2.05) is 23.1 Å². The smallest absolute Gasteiger partial charge is 0.251 e. The molecule has 2 fully saturated rings. The molecule has 0 spiro atoms. The molecule has 0 saturated carbocycles. The summed E-state index contributed by atoms with van der Waals surface area (Å²) in [6.45, 7) is 7.09. The van der Waals surface area contributed by atoms with Crippen LogP contribution in [-0.4, -0.2) is 72.1 Å². The second kappa shape index (κ2) is 11.8. The Balaban J connectivity index is 0.00000272. The molecule has 1 aromatic heterocycles. The van der Waals surface area contributed by atoms with Crippen molar-refractivity contribution in [1.82, 2.24) is 20.1 Å². The predicted octanol–water partition coefficient (Wildman–Crippen LogP) is 3.22. The molecule has 0 bridgehead atoms. The standard InChI is InChI=1S/C22H29N5O2S.HI/c1-2-23-22(24-15-18-16-30-20(25-18)17-7-4-3-5-8-17)27-12-10-26(11-13-27)21(28)19-9-6-14-29-19;/h3-5,7-8,16,19H,2,6,9-15H2,1H3,(H,23,24);1H. The van der Waals surface area contributed by atoms with Crippen LogP contribution in [0.3, 0.4) is 0 Å². The first-order valence-electron chi connectivity index (χ1n) is 10.7. The lowest BCUT2D eigenvalue weighted by molar-refractivity contribution is -0.142. The van der Waals surface area contributed by atoms with Gasteiger partial charge in [-0.05, 0) is 19.8 Å². The molecule has 168 valence electrons. The summed E-state index contributed by atoms with van der Waals surface area (Å²) < 4.78 is 5.56. The van der Waals surface area contributed by atoms with Gasteiger partial charge in [-0.1, -0.05) is 30.3 Å². The number of halogens is 1. The number of piperazine rings is 1. The molecular formula is C22H30IN5O2S. The predicted molar refractivity (Wildman–Crippen MR) is 135 cm³/mol. The monoisotopic (exact) mass is 555 g/mol. The van der Waals surface area contributed by atoms with Crippen LogP contribution in [0.4, 0.5) is 0 Å². The number of aliphatic imine (C=N–C) groups is 1. The van der Waals surface area contributed by atoms with E-state index in [-0.39, 0.29) is 36.0 Å². The minimum absolute atomic E-state index is 0. The van der Waals surface area contributed by atoms with Gasteiger partial charge in [0.05, 0.1) is 12.2 Å². The first-order valence-corrected chi connectivity index (χ1v) is 11.6. The van der Waals surface area contributed by atoms with Crippen LogP contribution in [0, 0.1) is 0 Å². The maximum Gasteiger partial charge on any atom is 0.251 e. The highest BCUT2D eigenvalue weighted by Gasteiger charge is 2.30. The van der Waals surface area contributed by atoms with Gasteiger partial charge in [0.1, 0.15) is 11.1 Å². The molecule has 1 N–H and O–H groups in total. The van der Waals surface area contributed by atoms with Gasteiger partial charge in [-0.3, -0.25) is 4.79 Å². The van der Waals surface area contributed by atoms with Crippen LogP contribution in [0.2, 0.25) is 0 Å². The number of carbonyl (C=O) groups excluding carboxylic acids is 1. The van der Waals surface area contributed by atoms with E-state index in [4.69, 9.17) is 14.7 Å². The number of guanidine groups is 1. The molecule has 0 radical (unpaired) electrons. The Hall–Kier alpha value is -1.72. The van der Waals surface area contributed by atoms with Crippen molar-refractivity contribution >= 4 is 47.2 Å². The molecule has 9 heteroatoms. The van der Waals surface area contributed by atoms with Gasteiger partial charge in [0.25, 0.3) is 5.91 Å². The second-order valence-corrected chi connectivity index (χ2v) is 8.35. The van der Waals surface area contributed by atoms with Crippen molar-refractivity contribution in [1.29, 1.82) is 0 Å². The summed E-state index contributed by atoms with van der Waals surface area (Å²) in [5, 5.41) is 6.48. The first-order chi connectivity index (χ1) is 14.7. The molecule has 3 heterocycles. The van der Waals surface area contributed by atoms with E-state index >= 15 is 0 Å². The molecule has 31 heavy (non-hydrogen) atoms. The molecule has 2 aliphatic heterocycles. The number of hydrogen-bond donors (Lipinski definition) is 1. The molecule has 1 unspecified atom stereocenters. The fourth-order valence-corrected chi connectivity index (χ4v) is 4.61. The molecular weight excluding hydrogens is 525 g/mol. The number of amides is 1. The topological polar surface area (TPSA) is 70.1 Å². The molecule has 1 amide bonds. The highest BCUT2D eigenvalue weighted by atomic mass is 127. The number of hydrogen-bond acceptors (Lipinski definition) is 5. The number of thiazole rings is 1. The number of rotatable bonds is 5. The van der Waals surface area contributed by atoms with Gasteiger partial charge in [-0.15, -0.1) is 35.3 Å². The van der Waals surface area contributed by atoms with Gasteiger partial charge >= 0.3 is 0 Å².